The van der Waals surface area contributed by atoms with Crippen molar-refractivity contribution in [3.8, 4) is 0 Å². The van der Waals surface area contributed by atoms with Gasteiger partial charge in [0.25, 0.3) is 0 Å². The number of hydrogen-bond donors (Lipinski definition) is 0. The number of rotatable bonds is 4. The van der Waals surface area contributed by atoms with E-state index < -0.39 is 12.7 Å². The molecule has 17 heavy (non-hydrogen) atoms. The number of aldehydes is 1. The highest BCUT2D eigenvalue weighted by Gasteiger charge is 2.31. The number of nitrogens with zero attached hydrogens (tertiary/aromatic N) is 1. The Hall–Kier alpha value is -1.23. The first-order valence-corrected chi connectivity index (χ1v) is 5.32. The first kappa shape index (κ1) is 13.8. The highest BCUT2D eigenvalue weighted by molar-refractivity contribution is 6.33. The van der Waals surface area contributed by atoms with E-state index in [1.165, 1.54) is 18.2 Å². The van der Waals surface area contributed by atoms with Crippen molar-refractivity contribution in [1.29, 1.82) is 0 Å². The normalized spacial score (nSPS) is 11.4. The van der Waals surface area contributed by atoms with Crippen molar-refractivity contribution in [2.45, 2.75) is 13.1 Å². The average Bonchev–Trinajstić information content (AvgIpc) is 2.24. The predicted octanol–water partition coefficient (Wildman–Crippen LogP) is 3.54. The van der Waals surface area contributed by atoms with Crippen molar-refractivity contribution in [2.75, 3.05) is 18.0 Å². The Balaban J connectivity index is 3.12. The summed E-state index contributed by atoms with van der Waals surface area (Å²) in [6.07, 6.45) is -3.85. The molecule has 0 radical (unpaired) electrons. The summed E-state index contributed by atoms with van der Waals surface area (Å²) in [6, 6.07) is 4.44. The van der Waals surface area contributed by atoms with Crippen molar-refractivity contribution >= 4 is 23.6 Å². The van der Waals surface area contributed by atoms with Gasteiger partial charge >= 0.3 is 6.18 Å². The maximum Gasteiger partial charge on any atom is 0.405 e. The molecule has 0 saturated carbocycles. The van der Waals surface area contributed by atoms with Crippen LogP contribution in [0.4, 0.5) is 18.9 Å². The lowest BCUT2D eigenvalue weighted by atomic mass is 10.1. The van der Waals surface area contributed by atoms with E-state index >= 15 is 0 Å². The Bertz CT molecular complexity index is 406. The zero-order valence-electron chi connectivity index (χ0n) is 9.09. The molecule has 6 heteroatoms. The molecule has 0 N–H and O–H groups in total. The van der Waals surface area contributed by atoms with Gasteiger partial charge in [-0.15, -0.1) is 0 Å². The molecular formula is C11H11ClF3NO. The lowest BCUT2D eigenvalue weighted by Gasteiger charge is -2.25. The molecule has 94 valence electrons. The number of benzene rings is 1. The Morgan fingerprint density at radius 3 is 2.53 bits per heavy atom. The molecule has 0 amide bonds. The highest BCUT2D eigenvalue weighted by atomic mass is 35.5. The van der Waals surface area contributed by atoms with E-state index in [1.807, 2.05) is 0 Å². The molecule has 0 aliphatic carbocycles. The Morgan fingerprint density at radius 2 is 2.06 bits per heavy atom. The lowest BCUT2D eigenvalue weighted by Crippen LogP contribution is -2.34. The number of carbonyl (C=O) groups excluding carboxylic acids is 1. The molecule has 0 unspecified atom stereocenters. The maximum absolute atomic E-state index is 12.4. The van der Waals surface area contributed by atoms with Crippen LogP contribution in [0.15, 0.2) is 18.2 Å². The predicted molar refractivity (Wildman–Crippen MR) is 60.8 cm³/mol. The Kier molecular flexibility index (Phi) is 4.40. The number of hydrogen-bond acceptors (Lipinski definition) is 2. The summed E-state index contributed by atoms with van der Waals surface area (Å²) in [6.45, 7) is 0.618. The molecule has 0 atom stereocenters. The molecule has 0 aromatic heterocycles. The van der Waals surface area contributed by atoms with Crippen LogP contribution in [0.2, 0.25) is 5.02 Å². The van der Waals surface area contributed by atoms with Crippen LogP contribution in [-0.2, 0) is 0 Å². The summed E-state index contributed by atoms with van der Waals surface area (Å²) in [4.78, 5) is 11.9. The third kappa shape index (κ3) is 3.63. The molecule has 0 heterocycles. The third-order valence-electron chi connectivity index (χ3n) is 2.24. The molecule has 1 aromatic rings. The third-order valence-corrected chi connectivity index (χ3v) is 2.57. The van der Waals surface area contributed by atoms with Crippen LogP contribution in [0, 0.1) is 0 Å². The van der Waals surface area contributed by atoms with Crippen LogP contribution in [0.3, 0.4) is 0 Å². The fourth-order valence-corrected chi connectivity index (χ4v) is 1.72. The van der Waals surface area contributed by atoms with Crippen LogP contribution in [0.25, 0.3) is 0 Å². The van der Waals surface area contributed by atoms with Crippen LogP contribution in [0.5, 0.6) is 0 Å². The zero-order valence-corrected chi connectivity index (χ0v) is 9.85. The van der Waals surface area contributed by atoms with Crippen LogP contribution in [-0.4, -0.2) is 25.6 Å². The second-order valence-corrected chi connectivity index (χ2v) is 3.83. The van der Waals surface area contributed by atoms with Gasteiger partial charge < -0.3 is 4.90 Å². The van der Waals surface area contributed by atoms with Gasteiger partial charge in [0.15, 0.2) is 6.29 Å². The molecule has 1 aromatic carbocycles. The van der Waals surface area contributed by atoms with Crippen molar-refractivity contribution in [2.24, 2.45) is 0 Å². The van der Waals surface area contributed by atoms with Gasteiger partial charge in [0, 0.05) is 12.2 Å². The molecule has 2 nitrogen and oxygen atoms in total. The van der Waals surface area contributed by atoms with E-state index in [0.717, 1.165) is 4.90 Å². The minimum Gasteiger partial charge on any atom is -0.362 e. The smallest absolute Gasteiger partial charge is 0.362 e. The van der Waals surface area contributed by atoms with Crippen molar-refractivity contribution < 1.29 is 18.0 Å². The largest absolute Gasteiger partial charge is 0.405 e. The van der Waals surface area contributed by atoms with Gasteiger partial charge in [-0.25, -0.2) is 0 Å². The second kappa shape index (κ2) is 5.40. The maximum atomic E-state index is 12.4. The van der Waals surface area contributed by atoms with E-state index in [-0.39, 0.29) is 22.8 Å². The van der Waals surface area contributed by atoms with Crippen molar-refractivity contribution in [3.63, 3.8) is 0 Å². The monoisotopic (exact) mass is 265 g/mol. The molecule has 0 fully saturated rings. The van der Waals surface area contributed by atoms with Crippen LogP contribution in [0.1, 0.15) is 17.3 Å². The van der Waals surface area contributed by atoms with Crippen molar-refractivity contribution in [1.82, 2.24) is 0 Å². The molecule has 0 bridgehead atoms. The first-order valence-electron chi connectivity index (χ1n) is 4.94. The number of halogens is 4. The molecule has 1 rings (SSSR count). The molecular weight excluding hydrogens is 255 g/mol. The summed E-state index contributed by atoms with van der Waals surface area (Å²) in [5, 5.41) is 0.151. The molecule has 0 saturated heterocycles. The quantitative estimate of drug-likeness (QED) is 0.776. The summed E-state index contributed by atoms with van der Waals surface area (Å²) < 4.78 is 37.1. The van der Waals surface area contributed by atoms with E-state index in [0.29, 0.717) is 6.29 Å². The van der Waals surface area contributed by atoms with Gasteiger partial charge in [-0.3, -0.25) is 4.79 Å². The number of anilines is 1. The lowest BCUT2D eigenvalue weighted by molar-refractivity contribution is -0.119. The van der Waals surface area contributed by atoms with Crippen LogP contribution >= 0.6 is 11.6 Å². The fourth-order valence-electron chi connectivity index (χ4n) is 1.50. The van der Waals surface area contributed by atoms with Gasteiger partial charge in [0.1, 0.15) is 6.54 Å². The molecule has 0 spiro atoms. The Morgan fingerprint density at radius 1 is 1.41 bits per heavy atom. The summed E-state index contributed by atoms with van der Waals surface area (Å²) in [7, 11) is 0. The van der Waals surface area contributed by atoms with E-state index in [9.17, 15) is 18.0 Å². The van der Waals surface area contributed by atoms with Crippen molar-refractivity contribution in [3.05, 3.63) is 28.8 Å². The topological polar surface area (TPSA) is 20.3 Å². The SMILES string of the molecule is CCN(CC(F)(F)F)c1cccc(Cl)c1C=O. The zero-order chi connectivity index (χ0) is 13.1. The Labute approximate surface area is 102 Å². The van der Waals surface area contributed by atoms with Gasteiger partial charge in [-0.2, -0.15) is 13.2 Å². The van der Waals surface area contributed by atoms with E-state index in [4.69, 9.17) is 11.6 Å². The average molecular weight is 266 g/mol. The number of carbonyl (C=O) groups is 1. The van der Waals surface area contributed by atoms with Gasteiger partial charge in [0.2, 0.25) is 0 Å². The second-order valence-electron chi connectivity index (χ2n) is 3.42. The first-order chi connectivity index (χ1) is 7.89. The molecule has 0 aliphatic rings. The summed E-state index contributed by atoms with van der Waals surface area (Å²) >= 11 is 5.76. The highest BCUT2D eigenvalue weighted by Crippen LogP contribution is 2.28. The molecule has 0 aliphatic heterocycles. The fraction of sp³-hybridized carbons (Fsp3) is 0.364. The van der Waals surface area contributed by atoms with E-state index in [2.05, 4.69) is 0 Å². The van der Waals surface area contributed by atoms with Crippen LogP contribution < -0.4 is 4.90 Å². The summed E-state index contributed by atoms with van der Waals surface area (Å²) in [5.41, 5.74) is 0.285. The van der Waals surface area contributed by atoms with E-state index in [1.54, 1.807) is 6.92 Å². The summed E-state index contributed by atoms with van der Waals surface area (Å²) in [5.74, 6) is 0. The minimum atomic E-state index is -4.32. The van der Waals surface area contributed by atoms with Gasteiger partial charge in [0.05, 0.1) is 10.6 Å². The van der Waals surface area contributed by atoms with Gasteiger partial charge in [-0.05, 0) is 19.1 Å². The standard InChI is InChI=1S/C11H11ClF3NO/c1-2-16(7-11(13,14)15)10-5-3-4-9(12)8(10)6-17/h3-6H,2,7H2,1H3. The van der Waals surface area contributed by atoms with Gasteiger partial charge in [-0.1, -0.05) is 17.7 Å². The number of alkyl halides is 3. The minimum absolute atomic E-state index is 0.0836.